The minimum atomic E-state index is -0.451. The lowest BCUT2D eigenvalue weighted by atomic mass is 9.85. The van der Waals surface area contributed by atoms with E-state index in [4.69, 9.17) is 11.6 Å². The normalized spacial score (nSPS) is 20.5. The lowest BCUT2D eigenvalue weighted by Gasteiger charge is -2.28. The maximum absolute atomic E-state index is 13.2. The average molecular weight is 485 g/mol. The van der Waals surface area contributed by atoms with Crippen LogP contribution in [0.3, 0.4) is 0 Å². The van der Waals surface area contributed by atoms with Crippen LogP contribution in [0, 0.1) is 11.7 Å². The van der Waals surface area contributed by atoms with Gasteiger partial charge in [-0.05, 0) is 68.9 Å². The van der Waals surface area contributed by atoms with Gasteiger partial charge in [-0.3, -0.25) is 9.59 Å². The number of carbonyl (C=O) groups is 2. The van der Waals surface area contributed by atoms with Crippen molar-refractivity contribution < 1.29 is 14.0 Å². The SMILES string of the molecule is O=C(N[C@H]1CC[C@H](C(=O)Nc2ccc(F)cc2Cl)CC1)c1cnc2ccc(N3CCCC3)nn12. The van der Waals surface area contributed by atoms with Crippen LogP contribution in [-0.2, 0) is 4.79 Å². The minimum Gasteiger partial charge on any atom is -0.355 e. The predicted molar refractivity (Wildman–Crippen MR) is 128 cm³/mol. The number of fused-ring (bicyclic) bond motifs is 1. The molecule has 10 heteroatoms. The van der Waals surface area contributed by atoms with E-state index in [9.17, 15) is 14.0 Å². The molecule has 178 valence electrons. The number of anilines is 2. The number of hydrogen-bond donors (Lipinski definition) is 2. The van der Waals surface area contributed by atoms with Crippen molar-refractivity contribution >= 4 is 40.6 Å². The van der Waals surface area contributed by atoms with E-state index in [-0.39, 0.29) is 28.8 Å². The number of imidazole rings is 1. The van der Waals surface area contributed by atoms with Crippen LogP contribution in [0.25, 0.3) is 5.65 Å². The Hall–Kier alpha value is -3.20. The van der Waals surface area contributed by atoms with Gasteiger partial charge >= 0.3 is 0 Å². The van der Waals surface area contributed by atoms with E-state index in [0.29, 0.717) is 42.7 Å². The van der Waals surface area contributed by atoms with E-state index < -0.39 is 5.82 Å². The smallest absolute Gasteiger partial charge is 0.271 e. The molecule has 2 N–H and O–H groups in total. The summed E-state index contributed by atoms with van der Waals surface area (Å²) in [6, 6.07) is 7.69. The van der Waals surface area contributed by atoms with Gasteiger partial charge in [0.15, 0.2) is 11.3 Å². The molecule has 0 unspecified atom stereocenters. The highest BCUT2D eigenvalue weighted by Gasteiger charge is 2.28. The van der Waals surface area contributed by atoms with Crippen LogP contribution >= 0.6 is 11.6 Å². The zero-order valence-corrected chi connectivity index (χ0v) is 19.4. The van der Waals surface area contributed by atoms with E-state index in [1.807, 2.05) is 12.1 Å². The summed E-state index contributed by atoms with van der Waals surface area (Å²) in [5, 5.41) is 10.7. The van der Waals surface area contributed by atoms with Crippen LogP contribution in [-0.4, -0.2) is 45.5 Å². The second-order valence-electron chi connectivity index (χ2n) is 8.93. The van der Waals surface area contributed by atoms with Gasteiger partial charge in [-0.2, -0.15) is 0 Å². The molecule has 1 aromatic carbocycles. The van der Waals surface area contributed by atoms with Crippen molar-refractivity contribution in [3.8, 4) is 0 Å². The van der Waals surface area contributed by atoms with E-state index >= 15 is 0 Å². The molecular formula is C24H26ClFN6O2. The number of halogens is 2. The molecule has 2 aliphatic rings. The lowest BCUT2D eigenvalue weighted by molar-refractivity contribution is -0.120. The van der Waals surface area contributed by atoms with Crippen LogP contribution < -0.4 is 15.5 Å². The minimum absolute atomic E-state index is 0.0294. The Morgan fingerprint density at radius 3 is 2.56 bits per heavy atom. The van der Waals surface area contributed by atoms with Crippen LogP contribution in [0.15, 0.2) is 36.5 Å². The summed E-state index contributed by atoms with van der Waals surface area (Å²) >= 11 is 6.01. The molecule has 0 spiro atoms. The summed E-state index contributed by atoms with van der Waals surface area (Å²) in [4.78, 5) is 32.2. The number of nitrogens with one attached hydrogen (secondary N) is 2. The first-order valence-electron chi connectivity index (χ1n) is 11.6. The first kappa shape index (κ1) is 22.6. The Morgan fingerprint density at radius 1 is 1.06 bits per heavy atom. The Kier molecular flexibility index (Phi) is 6.36. The highest BCUT2D eigenvalue weighted by atomic mass is 35.5. The third kappa shape index (κ3) is 4.70. The maximum Gasteiger partial charge on any atom is 0.271 e. The first-order chi connectivity index (χ1) is 16.5. The van der Waals surface area contributed by atoms with Crippen LogP contribution in [0.1, 0.15) is 49.0 Å². The van der Waals surface area contributed by atoms with Gasteiger partial charge in [0.05, 0.1) is 16.9 Å². The molecular weight excluding hydrogens is 459 g/mol. The third-order valence-corrected chi connectivity index (χ3v) is 6.95. The van der Waals surface area contributed by atoms with Gasteiger partial charge in [0, 0.05) is 25.0 Å². The van der Waals surface area contributed by atoms with Gasteiger partial charge in [-0.1, -0.05) is 11.6 Å². The molecule has 2 amide bonds. The molecule has 3 heterocycles. The number of amides is 2. The number of aromatic nitrogens is 3. The molecule has 1 aliphatic carbocycles. The monoisotopic (exact) mass is 484 g/mol. The van der Waals surface area contributed by atoms with E-state index in [1.54, 1.807) is 10.7 Å². The number of nitrogens with zero attached hydrogens (tertiary/aromatic N) is 4. The topological polar surface area (TPSA) is 91.6 Å². The molecule has 3 aromatic rings. The first-order valence-corrected chi connectivity index (χ1v) is 12.0. The van der Waals surface area contributed by atoms with Gasteiger partial charge < -0.3 is 15.5 Å². The zero-order valence-electron chi connectivity index (χ0n) is 18.6. The second-order valence-corrected chi connectivity index (χ2v) is 9.34. The highest BCUT2D eigenvalue weighted by molar-refractivity contribution is 6.33. The molecule has 2 aromatic heterocycles. The standard InChI is InChI=1S/C24H26ClFN6O2/c25-18-13-16(26)5-8-19(18)29-23(33)15-3-6-17(7-4-15)28-24(34)20-14-27-21-9-10-22(30-32(20)21)31-11-1-2-12-31/h5,8-10,13-15,17H,1-4,6-7,11-12H2,(H,28,34)(H,29,33)/t15-,17-. The number of carbonyl (C=O) groups excluding carboxylic acids is 2. The molecule has 5 rings (SSSR count). The number of benzene rings is 1. The Bertz CT molecular complexity index is 1220. The molecule has 0 radical (unpaired) electrons. The fourth-order valence-corrected chi connectivity index (χ4v) is 4.93. The largest absolute Gasteiger partial charge is 0.355 e. The van der Waals surface area contributed by atoms with Crippen LogP contribution in [0.5, 0.6) is 0 Å². The van der Waals surface area contributed by atoms with Gasteiger partial charge in [0.2, 0.25) is 5.91 Å². The average Bonchev–Trinajstić information content (AvgIpc) is 3.51. The zero-order chi connectivity index (χ0) is 23.7. The Labute approximate surface area is 201 Å². The van der Waals surface area contributed by atoms with Crippen molar-refractivity contribution in [1.82, 2.24) is 19.9 Å². The van der Waals surface area contributed by atoms with Crippen molar-refractivity contribution in [2.75, 3.05) is 23.3 Å². The van der Waals surface area contributed by atoms with Crippen LogP contribution in [0.2, 0.25) is 5.02 Å². The number of hydrogen-bond acceptors (Lipinski definition) is 5. The fourth-order valence-electron chi connectivity index (χ4n) is 4.72. The van der Waals surface area contributed by atoms with Crippen LogP contribution in [0.4, 0.5) is 15.9 Å². The van der Waals surface area contributed by atoms with Crippen molar-refractivity contribution in [3.63, 3.8) is 0 Å². The van der Waals surface area contributed by atoms with E-state index in [0.717, 1.165) is 31.7 Å². The molecule has 34 heavy (non-hydrogen) atoms. The summed E-state index contributed by atoms with van der Waals surface area (Å²) in [5.41, 5.74) is 1.44. The molecule has 1 aliphatic heterocycles. The number of rotatable bonds is 5. The Morgan fingerprint density at radius 2 is 1.82 bits per heavy atom. The lowest BCUT2D eigenvalue weighted by Crippen LogP contribution is -2.40. The summed E-state index contributed by atoms with van der Waals surface area (Å²) in [7, 11) is 0. The van der Waals surface area contributed by atoms with E-state index in [1.165, 1.54) is 18.2 Å². The highest BCUT2D eigenvalue weighted by Crippen LogP contribution is 2.28. The van der Waals surface area contributed by atoms with Crippen molar-refractivity contribution in [2.45, 2.75) is 44.6 Å². The molecule has 2 fully saturated rings. The third-order valence-electron chi connectivity index (χ3n) is 6.63. The van der Waals surface area contributed by atoms with Crippen molar-refractivity contribution in [1.29, 1.82) is 0 Å². The molecule has 8 nitrogen and oxygen atoms in total. The van der Waals surface area contributed by atoms with Gasteiger partial charge in [0.1, 0.15) is 11.6 Å². The molecule has 0 atom stereocenters. The molecule has 1 saturated heterocycles. The predicted octanol–water partition coefficient (Wildman–Crippen LogP) is 4.05. The summed E-state index contributed by atoms with van der Waals surface area (Å²) in [6.45, 7) is 1.94. The fraction of sp³-hybridized carbons (Fsp3) is 0.417. The Balaban J connectivity index is 1.18. The maximum atomic E-state index is 13.2. The summed E-state index contributed by atoms with van der Waals surface area (Å²) < 4.78 is 14.8. The van der Waals surface area contributed by atoms with Gasteiger partial charge in [-0.25, -0.2) is 13.9 Å². The molecule has 0 bridgehead atoms. The second kappa shape index (κ2) is 9.58. The quantitative estimate of drug-likeness (QED) is 0.570. The molecule has 1 saturated carbocycles. The van der Waals surface area contributed by atoms with Gasteiger partial charge in [-0.15, -0.1) is 5.10 Å². The summed E-state index contributed by atoms with van der Waals surface area (Å²) in [6.07, 6.45) is 6.49. The van der Waals surface area contributed by atoms with E-state index in [2.05, 4.69) is 25.6 Å². The van der Waals surface area contributed by atoms with Gasteiger partial charge in [0.25, 0.3) is 5.91 Å². The summed E-state index contributed by atoms with van der Waals surface area (Å²) in [5.74, 6) is -0.143. The van der Waals surface area contributed by atoms with Crippen molar-refractivity contribution in [2.24, 2.45) is 5.92 Å². The van der Waals surface area contributed by atoms with Crippen molar-refractivity contribution in [3.05, 3.63) is 53.1 Å².